The van der Waals surface area contributed by atoms with Crippen LogP contribution in [-0.2, 0) is 16.0 Å². The van der Waals surface area contributed by atoms with E-state index in [0.717, 1.165) is 5.56 Å². The smallest absolute Gasteiger partial charge is 0.310 e. The van der Waals surface area contributed by atoms with Gasteiger partial charge in [-0.1, -0.05) is 25.1 Å². The van der Waals surface area contributed by atoms with Gasteiger partial charge in [-0.3, -0.25) is 4.79 Å². The van der Waals surface area contributed by atoms with E-state index in [1.165, 1.54) is 0 Å². The lowest BCUT2D eigenvalue weighted by molar-refractivity contribution is -0.142. The number of carbonyl (C=O) groups is 1. The van der Waals surface area contributed by atoms with Gasteiger partial charge in [0.05, 0.1) is 17.5 Å². The Balaban J connectivity index is 2.97. The monoisotopic (exact) mass is 368 g/mol. The molecule has 22 heavy (non-hydrogen) atoms. The Morgan fingerprint density at radius 3 is 2.59 bits per heavy atom. The Morgan fingerprint density at radius 2 is 2.00 bits per heavy atom. The fourth-order valence-corrected chi connectivity index (χ4v) is 1.96. The van der Waals surface area contributed by atoms with Crippen molar-refractivity contribution < 1.29 is 19.4 Å². The zero-order valence-corrected chi connectivity index (χ0v) is 14.6. The highest BCUT2D eigenvalue weighted by Crippen LogP contribution is 2.24. The van der Waals surface area contributed by atoms with Gasteiger partial charge in [0.25, 0.3) is 0 Å². The van der Waals surface area contributed by atoms with Gasteiger partial charge in [-0.15, -0.1) is 0 Å². The van der Waals surface area contributed by atoms with E-state index in [2.05, 4.69) is 15.9 Å². The van der Waals surface area contributed by atoms with Crippen LogP contribution in [-0.4, -0.2) is 17.7 Å². The topological polar surface area (TPSA) is 55.8 Å². The second-order valence-corrected chi connectivity index (χ2v) is 5.44. The maximum absolute atomic E-state index is 11.6. The number of ether oxygens (including phenoxy) is 2. The Labute approximate surface area is 139 Å². The molecule has 0 aromatic heterocycles. The summed E-state index contributed by atoms with van der Waals surface area (Å²) in [7, 11) is 0. The van der Waals surface area contributed by atoms with Crippen LogP contribution in [0.3, 0.4) is 0 Å². The number of esters is 1. The molecule has 0 amide bonds. The molecular weight excluding hydrogens is 348 g/mol. The van der Waals surface area contributed by atoms with Crippen molar-refractivity contribution in [3.05, 3.63) is 51.9 Å². The summed E-state index contributed by atoms with van der Waals surface area (Å²) in [6.45, 7) is 5.67. The maximum atomic E-state index is 11.6. The number of para-hydroxylation sites is 1. The third-order valence-corrected chi connectivity index (χ3v) is 3.64. The predicted molar refractivity (Wildman–Crippen MR) is 90.0 cm³/mol. The molecule has 0 saturated carbocycles. The normalized spacial score (nSPS) is 12.6. The summed E-state index contributed by atoms with van der Waals surface area (Å²) in [5.74, 6) is 1.18. The van der Waals surface area contributed by atoms with Crippen LogP contribution in [0.4, 0.5) is 0 Å². The Kier molecular flexibility index (Phi) is 7.74. The van der Waals surface area contributed by atoms with Gasteiger partial charge in [-0.25, -0.2) is 0 Å². The summed E-state index contributed by atoms with van der Waals surface area (Å²) in [6.07, 6.45) is 2.53. The molecule has 0 atom stereocenters. The molecule has 0 fully saturated rings. The molecule has 1 rings (SSSR count). The first-order valence-electron chi connectivity index (χ1n) is 7.15. The quantitative estimate of drug-likeness (QED) is 0.432. The number of rotatable bonds is 7. The Morgan fingerprint density at radius 1 is 1.32 bits per heavy atom. The van der Waals surface area contributed by atoms with Gasteiger partial charge in [0.1, 0.15) is 17.3 Å². The minimum Gasteiger partial charge on any atom is -0.511 e. The van der Waals surface area contributed by atoms with Crippen molar-refractivity contribution >= 4 is 21.9 Å². The number of allylic oxidation sites excluding steroid dienone is 4. The number of aliphatic hydroxyl groups excluding tert-OH is 1. The summed E-state index contributed by atoms with van der Waals surface area (Å²) in [5.41, 5.74) is 0.765. The predicted octanol–water partition coefficient (Wildman–Crippen LogP) is 4.65. The van der Waals surface area contributed by atoms with Gasteiger partial charge in [0.2, 0.25) is 0 Å². The molecule has 120 valence electrons. The van der Waals surface area contributed by atoms with Gasteiger partial charge in [0.15, 0.2) is 0 Å². The average molecular weight is 369 g/mol. The highest BCUT2D eigenvalue weighted by Gasteiger charge is 2.11. The molecule has 0 aliphatic rings. The van der Waals surface area contributed by atoms with E-state index in [1.54, 1.807) is 19.9 Å². The van der Waals surface area contributed by atoms with Gasteiger partial charge in [-0.2, -0.15) is 0 Å². The van der Waals surface area contributed by atoms with E-state index >= 15 is 0 Å². The van der Waals surface area contributed by atoms with Crippen LogP contribution in [0.5, 0.6) is 5.75 Å². The van der Waals surface area contributed by atoms with E-state index in [0.29, 0.717) is 29.0 Å². The van der Waals surface area contributed by atoms with Gasteiger partial charge in [0, 0.05) is 12.0 Å². The zero-order valence-electron chi connectivity index (χ0n) is 13.1. The van der Waals surface area contributed by atoms with Crippen molar-refractivity contribution in [2.75, 3.05) is 6.61 Å². The first-order valence-corrected chi connectivity index (χ1v) is 7.94. The Hall–Kier alpha value is -1.75. The van der Waals surface area contributed by atoms with Gasteiger partial charge >= 0.3 is 5.97 Å². The molecule has 1 N–H and O–H groups in total. The summed E-state index contributed by atoms with van der Waals surface area (Å²) in [5, 5.41) is 9.44. The lowest BCUT2D eigenvalue weighted by Gasteiger charge is -2.13. The number of aliphatic hydroxyl groups is 1. The van der Waals surface area contributed by atoms with Crippen molar-refractivity contribution in [2.45, 2.75) is 33.6 Å². The first-order chi connectivity index (χ1) is 10.5. The highest BCUT2D eigenvalue weighted by molar-refractivity contribution is 9.11. The molecule has 0 aliphatic heterocycles. The highest BCUT2D eigenvalue weighted by atomic mass is 79.9. The van der Waals surface area contributed by atoms with Crippen LogP contribution in [0.2, 0.25) is 0 Å². The minimum absolute atomic E-state index is 0.164. The van der Waals surface area contributed by atoms with Crippen LogP contribution in [0, 0.1) is 0 Å². The molecule has 1 aromatic rings. The fraction of sp³-hybridized carbons (Fsp3) is 0.353. The third-order valence-electron chi connectivity index (χ3n) is 2.84. The minimum atomic E-state index is -0.284. The standard InChI is InChI=1S/C17H21BrO4/c1-4-14(11-15(18)12(3)19)22-16-9-7-6-8-13(16)10-17(20)21-5-2/h6-9,11,19H,4-5,10H2,1-3H3/b14-11+,15-12-. The third kappa shape index (κ3) is 5.93. The van der Waals surface area contributed by atoms with E-state index in [9.17, 15) is 9.90 Å². The zero-order chi connectivity index (χ0) is 16.5. The van der Waals surface area contributed by atoms with Crippen molar-refractivity contribution in [3.8, 4) is 5.75 Å². The second kappa shape index (κ2) is 9.30. The average Bonchev–Trinajstić information content (AvgIpc) is 2.48. The van der Waals surface area contributed by atoms with Crippen LogP contribution >= 0.6 is 15.9 Å². The molecule has 1 aromatic carbocycles. The van der Waals surface area contributed by atoms with Crippen molar-refractivity contribution in [1.29, 1.82) is 0 Å². The number of carbonyl (C=O) groups excluding carboxylic acids is 1. The molecule has 0 radical (unpaired) electrons. The van der Waals surface area contributed by atoms with Crippen molar-refractivity contribution in [2.24, 2.45) is 0 Å². The van der Waals surface area contributed by atoms with Gasteiger partial charge in [-0.05, 0) is 41.9 Å². The van der Waals surface area contributed by atoms with E-state index < -0.39 is 0 Å². The van der Waals surface area contributed by atoms with Crippen LogP contribution in [0.1, 0.15) is 32.8 Å². The SMILES string of the molecule is CCOC(=O)Cc1ccccc1O/C(=C/C(Br)=C(\C)O)CC. The second-order valence-electron chi connectivity index (χ2n) is 4.59. The van der Waals surface area contributed by atoms with E-state index in [-0.39, 0.29) is 18.1 Å². The number of hydrogen-bond acceptors (Lipinski definition) is 4. The number of hydrogen-bond donors (Lipinski definition) is 1. The van der Waals surface area contributed by atoms with Crippen molar-refractivity contribution in [3.63, 3.8) is 0 Å². The molecular formula is C17H21BrO4. The van der Waals surface area contributed by atoms with E-state index in [4.69, 9.17) is 9.47 Å². The lowest BCUT2D eigenvalue weighted by Crippen LogP contribution is -2.09. The summed E-state index contributed by atoms with van der Waals surface area (Å²) in [4.78, 5) is 11.6. The van der Waals surface area contributed by atoms with Crippen LogP contribution < -0.4 is 4.74 Å². The molecule has 0 unspecified atom stereocenters. The molecule has 0 bridgehead atoms. The molecule has 4 nitrogen and oxygen atoms in total. The molecule has 0 heterocycles. The van der Waals surface area contributed by atoms with Crippen LogP contribution in [0.25, 0.3) is 0 Å². The number of halogens is 1. The van der Waals surface area contributed by atoms with Crippen LogP contribution in [0.15, 0.2) is 46.3 Å². The molecule has 0 spiro atoms. The first kappa shape index (κ1) is 18.3. The molecule has 5 heteroatoms. The number of benzene rings is 1. The van der Waals surface area contributed by atoms with Gasteiger partial charge < -0.3 is 14.6 Å². The summed E-state index contributed by atoms with van der Waals surface area (Å²) in [6, 6.07) is 7.34. The largest absolute Gasteiger partial charge is 0.511 e. The Bertz CT molecular complexity index is 572. The summed E-state index contributed by atoms with van der Waals surface area (Å²) < 4.78 is 11.4. The summed E-state index contributed by atoms with van der Waals surface area (Å²) >= 11 is 3.28. The fourth-order valence-electron chi connectivity index (χ4n) is 1.71. The lowest BCUT2D eigenvalue weighted by atomic mass is 10.1. The van der Waals surface area contributed by atoms with Crippen molar-refractivity contribution in [1.82, 2.24) is 0 Å². The molecule has 0 saturated heterocycles. The van der Waals surface area contributed by atoms with E-state index in [1.807, 2.05) is 31.2 Å². The maximum Gasteiger partial charge on any atom is 0.310 e. The molecule has 0 aliphatic carbocycles.